The SMILES string of the molecule is Cc1ccc2c(C(C)O)cn(CCO)c2c1. The summed E-state index contributed by atoms with van der Waals surface area (Å²) in [6.45, 7) is 4.47. The van der Waals surface area contributed by atoms with Gasteiger partial charge < -0.3 is 14.8 Å². The number of hydrogen-bond donors (Lipinski definition) is 2. The summed E-state index contributed by atoms with van der Waals surface area (Å²) in [5.74, 6) is 0. The Labute approximate surface area is 94.9 Å². The molecule has 1 aromatic heterocycles. The maximum atomic E-state index is 9.70. The van der Waals surface area contributed by atoms with Gasteiger partial charge in [0, 0.05) is 29.2 Å². The molecule has 0 saturated heterocycles. The van der Waals surface area contributed by atoms with Crippen molar-refractivity contribution in [3.8, 4) is 0 Å². The highest BCUT2D eigenvalue weighted by atomic mass is 16.3. The number of fused-ring (bicyclic) bond motifs is 1. The van der Waals surface area contributed by atoms with Gasteiger partial charge in [0.05, 0.1) is 12.7 Å². The van der Waals surface area contributed by atoms with E-state index in [1.54, 1.807) is 6.92 Å². The molecular formula is C13H17NO2. The van der Waals surface area contributed by atoms with Crippen LogP contribution in [0.3, 0.4) is 0 Å². The zero-order valence-electron chi connectivity index (χ0n) is 9.64. The molecule has 0 spiro atoms. The number of aliphatic hydroxyl groups excluding tert-OH is 2. The standard InChI is InChI=1S/C13H17NO2/c1-9-3-4-11-12(10(2)16)8-14(5-6-15)13(11)7-9/h3-4,7-8,10,15-16H,5-6H2,1-2H3. The van der Waals surface area contributed by atoms with Crippen LogP contribution in [0.1, 0.15) is 24.2 Å². The van der Waals surface area contributed by atoms with E-state index in [0.29, 0.717) is 6.54 Å². The van der Waals surface area contributed by atoms with Crippen molar-refractivity contribution in [3.05, 3.63) is 35.5 Å². The third-order valence-electron chi connectivity index (χ3n) is 2.86. The Morgan fingerprint density at radius 2 is 2.12 bits per heavy atom. The van der Waals surface area contributed by atoms with Crippen LogP contribution in [0.15, 0.2) is 24.4 Å². The molecule has 0 saturated carbocycles. The van der Waals surface area contributed by atoms with Crippen LogP contribution in [-0.4, -0.2) is 21.4 Å². The van der Waals surface area contributed by atoms with Crippen molar-refractivity contribution >= 4 is 10.9 Å². The van der Waals surface area contributed by atoms with Crippen molar-refractivity contribution in [3.63, 3.8) is 0 Å². The second kappa shape index (κ2) is 4.28. The summed E-state index contributed by atoms with van der Waals surface area (Å²) in [5.41, 5.74) is 3.18. The molecule has 86 valence electrons. The molecule has 3 nitrogen and oxygen atoms in total. The van der Waals surface area contributed by atoms with E-state index < -0.39 is 6.10 Å². The van der Waals surface area contributed by atoms with Crippen LogP contribution in [0.2, 0.25) is 0 Å². The van der Waals surface area contributed by atoms with Crippen molar-refractivity contribution in [1.82, 2.24) is 4.57 Å². The highest BCUT2D eigenvalue weighted by Crippen LogP contribution is 2.27. The number of nitrogens with zero attached hydrogens (tertiary/aromatic N) is 1. The van der Waals surface area contributed by atoms with E-state index >= 15 is 0 Å². The zero-order valence-corrected chi connectivity index (χ0v) is 9.64. The quantitative estimate of drug-likeness (QED) is 0.829. The first kappa shape index (κ1) is 11.2. The molecule has 1 unspecified atom stereocenters. The van der Waals surface area contributed by atoms with Gasteiger partial charge in [0.15, 0.2) is 0 Å². The molecule has 0 fully saturated rings. The lowest BCUT2D eigenvalue weighted by atomic mass is 10.1. The molecule has 1 aromatic carbocycles. The van der Waals surface area contributed by atoms with Gasteiger partial charge >= 0.3 is 0 Å². The van der Waals surface area contributed by atoms with Gasteiger partial charge in [0.1, 0.15) is 0 Å². The molecule has 2 rings (SSSR count). The van der Waals surface area contributed by atoms with Gasteiger partial charge in [-0.2, -0.15) is 0 Å². The van der Waals surface area contributed by atoms with Gasteiger partial charge in [-0.05, 0) is 25.5 Å². The summed E-state index contributed by atoms with van der Waals surface area (Å²) in [6, 6.07) is 6.15. The van der Waals surface area contributed by atoms with E-state index in [2.05, 4.69) is 6.07 Å². The number of benzene rings is 1. The Morgan fingerprint density at radius 1 is 1.38 bits per heavy atom. The Bertz CT molecular complexity index is 500. The first-order chi connectivity index (χ1) is 7.63. The summed E-state index contributed by atoms with van der Waals surface area (Å²) < 4.78 is 1.99. The summed E-state index contributed by atoms with van der Waals surface area (Å²) >= 11 is 0. The topological polar surface area (TPSA) is 45.4 Å². The molecule has 0 aliphatic carbocycles. The van der Waals surface area contributed by atoms with Crippen LogP contribution < -0.4 is 0 Å². The third kappa shape index (κ3) is 1.84. The Kier molecular flexibility index (Phi) is 2.99. The summed E-state index contributed by atoms with van der Waals surface area (Å²) in [6.07, 6.45) is 1.44. The van der Waals surface area contributed by atoms with E-state index in [1.807, 2.05) is 29.8 Å². The molecule has 0 aliphatic heterocycles. The van der Waals surface area contributed by atoms with Crippen molar-refractivity contribution in [2.75, 3.05) is 6.61 Å². The first-order valence-electron chi connectivity index (χ1n) is 5.52. The Balaban J connectivity index is 2.66. The predicted octanol–water partition coefficient (Wildman–Crippen LogP) is 2.00. The van der Waals surface area contributed by atoms with Crippen LogP contribution >= 0.6 is 0 Å². The zero-order chi connectivity index (χ0) is 11.7. The molecular weight excluding hydrogens is 202 g/mol. The lowest BCUT2D eigenvalue weighted by Gasteiger charge is -2.02. The lowest BCUT2D eigenvalue weighted by molar-refractivity contribution is 0.200. The first-order valence-corrected chi connectivity index (χ1v) is 5.52. The minimum atomic E-state index is -0.481. The average molecular weight is 219 g/mol. The smallest absolute Gasteiger partial charge is 0.0782 e. The highest BCUT2D eigenvalue weighted by molar-refractivity contribution is 5.85. The average Bonchev–Trinajstić information content (AvgIpc) is 2.58. The van der Waals surface area contributed by atoms with Gasteiger partial charge in [-0.3, -0.25) is 0 Å². The molecule has 1 atom stereocenters. The number of hydrogen-bond acceptors (Lipinski definition) is 2. The van der Waals surface area contributed by atoms with E-state index in [1.165, 1.54) is 5.56 Å². The van der Waals surface area contributed by atoms with Crippen molar-refractivity contribution < 1.29 is 10.2 Å². The Morgan fingerprint density at radius 3 is 2.75 bits per heavy atom. The van der Waals surface area contributed by atoms with Crippen LogP contribution in [0.25, 0.3) is 10.9 Å². The summed E-state index contributed by atoms with van der Waals surface area (Å²) in [7, 11) is 0. The molecule has 1 heterocycles. The molecule has 0 bridgehead atoms. The minimum Gasteiger partial charge on any atom is -0.395 e. The normalized spacial score (nSPS) is 13.2. The van der Waals surface area contributed by atoms with Crippen LogP contribution in [0.5, 0.6) is 0 Å². The van der Waals surface area contributed by atoms with Crippen LogP contribution in [-0.2, 0) is 6.54 Å². The van der Waals surface area contributed by atoms with Gasteiger partial charge in [0.25, 0.3) is 0 Å². The molecule has 0 amide bonds. The summed E-state index contributed by atoms with van der Waals surface area (Å²) in [5, 5.41) is 19.8. The molecule has 16 heavy (non-hydrogen) atoms. The fourth-order valence-electron chi connectivity index (χ4n) is 2.06. The number of aryl methyl sites for hydroxylation is 1. The maximum Gasteiger partial charge on any atom is 0.0782 e. The third-order valence-corrected chi connectivity index (χ3v) is 2.86. The number of rotatable bonds is 3. The molecule has 3 heteroatoms. The number of aliphatic hydroxyl groups is 2. The Hall–Kier alpha value is -1.32. The predicted molar refractivity (Wildman–Crippen MR) is 64.4 cm³/mol. The maximum absolute atomic E-state index is 9.70. The second-order valence-corrected chi connectivity index (χ2v) is 4.20. The highest BCUT2D eigenvalue weighted by Gasteiger charge is 2.11. The van der Waals surface area contributed by atoms with E-state index in [4.69, 9.17) is 5.11 Å². The summed E-state index contributed by atoms with van der Waals surface area (Å²) in [4.78, 5) is 0. The van der Waals surface area contributed by atoms with Gasteiger partial charge in [-0.1, -0.05) is 12.1 Å². The molecule has 2 N–H and O–H groups in total. The van der Waals surface area contributed by atoms with Crippen molar-refractivity contribution in [2.24, 2.45) is 0 Å². The van der Waals surface area contributed by atoms with Crippen LogP contribution in [0.4, 0.5) is 0 Å². The van der Waals surface area contributed by atoms with E-state index in [-0.39, 0.29) is 6.61 Å². The molecule has 0 radical (unpaired) electrons. The van der Waals surface area contributed by atoms with Gasteiger partial charge in [-0.25, -0.2) is 0 Å². The van der Waals surface area contributed by atoms with E-state index in [9.17, 15) is 5.11 Å². The fourth-order valence-corrected chi connectivity index (χ4v) is 2.06. The lowest BCUT2D eigenvalue weighted by Crippen LogP contribution is -2.00. The van der Waals surface area contributed by atoms with Gasteiger partial charge in [-0.15, -0.1) is 0 Å². The molecule has 0 aliphatic rings. The molecule has 2 aromatic rings. The largest absolute Gasteiger partial charge is 0.395 e. The minimum absolute atomic E-state index is 0.108. The van der Waals surface area contributed by atoms with Crippen LogP contribution in [0, 0.1) is 6.92 Å². The number of aromatic nitrogens is 1. The van der Waals surface area contributed by atoms with Crippen molar-refractivity contribution in [2.45, 2.75) is 26.5 Å². The monoisotopic (exact) mass is 219 g/mol. The second-order valence-electron chi connectivity index (χ2n) is 4.20. The van der Waals surface area contributed by atoms with Crippen molar-refractivity contribution in [1.29, 1.82) is 0 Å². The fraction of sp³-hybridized carbons (Fsp3) is 0.385. The van der Waals surface area contributed by atoms with E-state index in [0.717, 1.165) is 16.5 Å². The van der Waals surface area contributed by atoms with Gasteiger partial charge in [0.2, 0.25) is 0 Å².